The Labute approximate surface area is 167 Å². The number of rotatable bonds is 4. The van der Waals surface area contributed by atoms with E-state index < -0.39 is 6.04 Å². The van der Waals surface area contributed by atoms with E-state index in [0.29, 0.717) is 40.4 Å². The largest absolute Gasteiger partial charge is 0.486 e. The number of hydrogen-bond acceptors (Lipinski definition) is 4. The van der Waals surface area contributed by atoms with Gasteiger partial charge in [0.15, 0.2) is 11.5 Å². The average Bonchev–Trinajstić information content (AvgIpc) is 2.62. The molecule has 0 spiro atoms. The highest BCUT2D eigenvalue weighted by atomic mass is 79.9. The van der Waals surface area contributed by atoms with Crippen LogP contribution in [0.4, 0.5) is 5.69 Å². The Balaban J connectivity index is 1.65. The molecule has 2 aromatic carbocycles. The highest BCUT2D eigenvalue weighted by Gasteiger charge is 2.20. The summed E-state index contributed by atoms with van der Waals surface area (Å²) < 4.78 is 12.6. The van der Waals surface area contributed by atoms with Crippen LogP contribution in [0, 0.1) is 0 Å². The minimum Gasteiger partial charge on any atom is -0.486 e. The molecule has 0 saturated heterocycles. The fraction of sp³-hybridized carbons (Fsp3) is 0.222. The Bertz CT molecular complexity index is 840. The van der Waals surface area contributed by atoms with Gasteiger partial charge in [0, 0.05) is 26.6 Å². The van der Waals surface area contributed by atoms with Crippen molar-refractivity contribution in [3.63, 3.8) is 0 Å². The van der Waals surface area contributed by atoms with Crippen molar-refractivity contribution in [3.05, 3.63) is 50.9 Å². The van der Waals surface area contributed by atoms with Crippen LogP contribution in [-0.2, 0) is 4.79 Å². The fourth-order valence-corrected chi connectivity index (χ4v) is 3.03. The topological polar surface area (TPSA) is 76.7 Å². The predicted octanol–water partition coefficient (Wildman–Crippen LogP) is 3.74. The third kappa shape index (κ3) is 4.37. The lowest BCUT2D eigenvalue weighted by atomic mass is 10.2. The van der Waals surface area contributed by atoms with Crippen molar-refractivity contribution in [3.8, 4) is 11.5 Å². The van der Waals surface area contributed by atoms with Crippen molar-refractivity contribution in [1.82, 2.24) is 5.32 Å². The third-order valence-electron chi connectivity index (χ3n) is 3.74. The van der Waals surface area contributed by atoms with Crippen LogP contribution in [0.25, 0.3) is 0 Å². The molecule has 2 amide bonds. The maximum Gasteiger partial charge on any atom is 0.251 e. The molecule has 2 aromatic rings. The zero-order valence-corrected chi connectivity index (χ0v) is 17.0. The van der Waals surface area contributed by atoms with Crippen molar-refractivity contribution in [1.29, 1.82) is 0 Å². The second-order valence-corrected chi connectivity index (χ2v) is 7.44. The van der Waals surface area contributed by atoms with Gasteiger partial charge in [-0.1, -0.05) is 15.9 Å². The summed E-state index contributed by atoms with van der Waals surface area (Å²) in [5, 5.41) is 5.46. The van der Waals surface area contributed by atoms with E-state index in [9.17, 15) is 9.59 Å². The Morgan fingerprint density at radius 3 is 2.31 bits per heavy atom. The third-order valence-corrected chi connectivity index (χ3v) is 4.92. The van der Waals surface area contributed by atoms with E-state index in [1.54, 1.807) is 43.3 Å². The van der Waals surface area contributed by atoms with E-state index in [1.165, 1.54) is 0 Å². The van der Waals surface area contributed by atoms with Crippen molar-refractivity contribution in [2.75, 3.05) is 18.5 Å². The first-order valence-electron chi connectivity index (χ1n) is 7.90. The van der Waals surface area contributed by atoms with Crippen LogP contribution in [0.2, 0.25) is 0 Å². The number of carbonyl (C=O) groups is 2. The van der Waals surface area contributed by atoms with E-state index in [1.807, 2.05) is 0 Å². The first kappa shape index (κ1) is 18.7. The summed E-state index contributed by atoms with van der Waals surface area (Å²) in [6.45, 7) is 2.57. The molecule has 0 saturated carbocycles. The van der Waals surface area contributed by atoms with Gasteiger partial charge in [-0.15, -0.1) is 0 Å². The molecule has 136 valence electrons. The van der Waals surface area contributed by atoms with Gasteiger partial charge in [0.05, 0.1) is 5.69 Å². The molecule has 1 aliphatic rings. The first-order chi connectivity index (χ1) is 12.4. The minimum atomic E-state index is -0.716. The molecule has 1 unspecified atom stereocenters. The number of amides is 2. The SMILES string of the molecule is CC(NC(=O)c1ccc(Br)cc1)C(=O)Nc1cc2c(cc1Br)OCCO2. The van der Waals surface area contributed by atoms with E-state index in [4.69, 9.17) is 9.47 Å². The molecule has 0 aliphatic carbocycles. The normalized spacial score (nSPS) is 13.7. The van der Waals surface area contributed by atoms with Gasteiger partial charge in [0.1, 0.15) is 19.3 Å². The number of carbonyl (C=O) groups excluding carboxylic acids is 2. The molecule has 0 aromatic heterocycles. The molecule has 1 aliphatic heterocycles. The lowest BCUT2D eigenvalue weighted by Crippen LogP contribution is -2.41. The predicted molar refractivity (Wildman–Crippen MR) is 105 cm³/mol. The summed E-state index contributed by atoms with van der Waals surface area (Å²) in [4.78, 5) is 24.7. The summed E-state index contributed by atoms with van der Waals surface area (Å²) in [5.41, 5.74) is 1.03. The van der Waals surface area contributed by atoms with Gasteiger partial charge in [-0.2, -0.15) is 0 Å². The molecule has 0 radical (unpaired) electrons. The Kier molecular flexibility index (Phi) is 5.83. The molecular formula is C18H16Br2N2O4. The standard InChI is InChI=1S/C18H16Br2N2O4/c1-10(21-18(24)11-2-4-12(19)5-3-11)17(23)22-14-9-16-15(8-13(14)20)25-6-7-26-16/h2-5,8-10H,6-7H2,1H3,(H,21,24)(H,22,23). The Hall–Kier alpha value is -2.06. The van der Waals surface area contributed by atoms with Crippen molar-refractivity contribution < 1.29 is 19.1 Å². The van der Waals surface area contributed by atoms with Crippen molar-refractivity contribution in [2.45, 2.75) is 13.0 Å². The quantitative estimate of drug-likeness (QED) is 0.694. The Morgan fingerprint density at radius 2 is 1.65 bits per heavy atom. The molecule has 3 rings (SSSR count). The van der Waals surface area contributed by atoms with Gasteiger partial charge in [-0.05, 0) is 47.1 Å². The number of ether oxygens (including phenoxy) is 2. The zero-order valence-electron chi connectivity index (χ0n) is 13.8. The van der Waals surface area contributed by atoms with Gasteiger partial charge in [-0.25, -0.2) is 0 Å². The van der Waals surface area contributed by atoms with Gasteiger partial charge in [0.25, 0.3) is 5.91 Å². The lowest BCUT2D eigenvalue weighted by molar-refractivity contribution is -0.117. The minimum absolute atomic E-state index is 0.318. The van der Waals surface area contributed by atoms with Crippen LogP contribution in [0.5, 0.6) is 11.5 Å². The maximum absolute atomic E-state index is 12.4. The van der Waals surface area contributed by atoms with Crippen LogP contribution in [-0.4, -0.2) is 31.1 Å². The van der Waals surface area contributed by atoms with Crippen LogP contribution in [0.3, 0.4) is 0 Å². The van der Waals surface area contributed by atoms with Crippen LogP contribution in [0.15, 0.2) is 45.3 Å². The number of anilines is 1. The molecule has 0 bridgehead atoms. The van der Waals surface area contributed by atoms with E-state index in [2.05, 4.69) is 42.5 Å². The van der Waals surface area contributed by atoms with Gasteiger partial charge < -0.3 is 20.1 Å². The molecular weight excluding hydrogens is 468 g/mol. The molecule has 26 heavy (non-hydrogen) atoms. The number of nitrogens with one attached hydrogen (secondary N) is 2. The van der Waals surface area contributed by atoms with Crippen LogP contribution < -0.4 is 20.1 Å². The summed E-state index contributed by atoms with van der Waals surface area (Å²) in [6, 6.07) is 9.63. The van der Waals surface area contributed by atoms with Crippen molar-refractivity contribution in [2.24, 2.45) is 0 Å². The van der Waals surface area contributed by atoms with Gasteiger partial charge in [0.2, 0.25) is 5.91 Å². The molecule has 1 heterocycles. The van der Waals surface area contributed by atoms with E-state index >= 15 is 0 Å². The lowest BCUT2D eigenvalue weighted by Gasteiger charge is -2.21. The van der Waals surface area contributed by atoms with Crippen molar-refractivity contribution >= 4 is 49.4 Å². The van der Waals surface area contributed by atoms with Crippen LogP contribution in [0.1, 0.15) is 17.3 Å². The highest BCUT2D eigenvalue weighted by Crippen LogP contribution is 2.38. The second-order valence-electron chi connectivity index (χ2n) is 5.67. The average molecular weight is 484 g/mol. The summed E-state index contributed by atoms with van der Waals surface area (Å²) >= 11 is 6.72. The monoisotopic (exact) mass is 482 g/mol. The molecule has 1 atom stereocenters. The molecule has 6 nitrogen and oxygen atoms in total. The number of benzene rings is 2. The number of halogens is 2. The highest BCUT2D eigenvalue weighted by molar-refractivity contribution is 9.10. The fourth-order valence-electron chi connectivity index (χ4n) is 2.35. The smallest absolute Gasteiger partial charge is 0.251 e. The van der Waals surface area contributed by atoms with E-state index in [-0.39, 0.29) is 11.8 Å². The number of fused-ring (bicyclic) bond motifs is 1. The number of hydrogen-bond donors (Lipinski definition) is 2. The zero-order chi connectivity index (χ0) is 18.7. The summed E-state index contributed by atoms with van der Waals surface area (Å²) in [6.07, 6.45) is 0. The van der Waals surface area contributed by atoms with Gasteiger partial charge >= 0.3 is 0 Å². The first-order valence-corrected chi connectivity index (χ1v) is 9.49. The molecule has 0 fully saturated rings. The molecule has 2 N–H and O–H groups in total. The molecule has 8 heteroatoms. The summed E-state index contributed by atoms with van der Waals surface area (Å²) in [7, 11) is 0. The van der Waals surface area contributed by atoms with E-state index in [0.717, 1.165) is 4.47 Å². The second kappa shape index (κ2) is 8.09. The van der Waals surface area contributed by atoms with Crippen LogP contribution >= 0.6 is 31.9 Å². The van der Waals surface area contributed by atoms with Gasteiger partial charge in [-0.3, -0.25) is 9.59 Å². The maximum atomic E-state index is 12.4. The Morgan fingerprint density at radius 1 is 1.04 bits per heavy atom. The summed E-state index contributed by atoms with van der Waals surface area (Å²) in [5.74, 6) is 0.535.